The van der Waals surface area contributed by atoms with Gasteiger partial charge in [0.05, 0.1) is 31.8 Å². The van der Waals surface area contributed by atoms with Gasteiger partial charge < -0.3 is 14.4 Å². The smallest absolute Gasteiger partial charge is 0.410 e. The van der Waals surface area contributed by atoms with Gasteiger partial charge in [-0.05, 0) is 39.5 Å². The zero-order valence-electron chi connectivity index (χ0n) is 19.0. The van der Waals surface area contributed by atoms with Crippen LogP contribution in [0.5, 0.6) is 5.88 Å². The maximum atomic E-state index is 12.3. The number of nitrogens with zero attached hydrogens (tertiary/aromatic N) is 5. The van der Waals surface area contributed by atoms with Crippen LogP contribution in [0.15, 0.2) is 12.4 Å². The van der Waals surface area contributed by atoms with Crippen molar-refractivity contribution in [2.24, 2.45) is 5.92 Å². The number of sulfonamides is 1. The molecule has 32 heavy (non-hydrogen) atoms. The lowest BCUT2D eigenvalue weighted by Crippen LogP contribution is -2.52. The predicted molar refractivity (Wildman–Crippen MR) is 117 cm³/mol. The Morgan fingerprint density at radius 1 is 1.12 bits per heavy atom. The van der Waals surface area contributed by atoms with E-state index in [-0.39, 0.29) is 31.6 Å². The van der Waals surface area contributed by atoms with Crippen molar-refractivity contribution >= 4 is 27.8 Å². The summed E-state index contributed by atoms with van der Waals surface area (Å²) >= 11 is 0. The van der Waals surface area contributed by atoms with Gasteiger partial charge in [0.2, 0.25) is 21.8 Å². The topological polar surface area (TPSA) is 122 Å². The van der Waals surface area contributed by atoms with Crippen molar-refractivity contribution in [3.05, 3.63) is 12.4 Å². The van der Waals surface area contributed by atoms with Crippen molar-refractivity contribution in [2.45, 2.75) is 39.2 Å². The van der Waals surface area contributed by atoms with Crippen molar-refractivity contribution < 1.29 is 27.5 Å². The molecule has 3 rings (SSSR count). The molecule has 12 heteroatoms. The second kappa shape index (κ2) is 9.57. The number of piperidine rings is 1. The van der Waals surface area contributed by atoms with E-state index in [1.165, 1.54) is 17.3 Å². The Balaban J connectivity index is 1.45. The van der Waals surface area contributed by atoms with E-state index in [1.54, 1.807) is 4.90 Å². The summed E-state index contributed by atoms with van der Waals surface area (Å²) in [4.78, 5) is 36.1. The summed E-state index contributed by atoms with van der Waals surface area (Å²) < 4.78 is 35.5. The third kappa shape index (κ3) is 6.52. The van der Waals surface area contributed by atoms with Crippen LogP contribution in [-0.4, -0.2) is 90.8 Å². The molecule has 2 amide bonds. The molecule has 11 nitrogen and oxygen atoms in total. The third-order valence-corrected chi connectivity index (χ3v) is 6.53. The summed E-state index contributed by atoms with van der Waals surface area (Å²) in [5.74, 6) is 0.661. The average Bonchev–Trinajstić information content (AvgIpc) is 2.71. The number of piperazine rings is 1. The number of anilines is 1. The van der Waals surface area contributed by atoms with E-state index in [2.05, 4.69) is 9.97 Å². The van der Waals surface area contributed by atoms with Gasteiger partial charge in [-0.3, -0.25) is 9.69 Å². The number of amides is 2. The molecule has 0 bridgehead atoms. The quantitative estimate of drug-likeness (QED) is 0.629. The molecule has 1 aromatic heterocycles. The molecule has 0 aliphatic carbocycles. The lowest BCUT2D eigenvalue weighted by molar-refractivity contribution is -0.120. The number of hydrogen-bond donors (Lipinski definition) is 0. The van der Waals surface area contributed by atoms with E-state index >= 15 is 0 Å². The second-order valence-electron chi connectivity index (χ2n) is 9.08. The summed E-state index contributed by atoms with van der Waals surface area (Å²) in [6.07, 6.45) is 5.33. The maximum absolute atomic E-state index is 12.3. The first-order valence-electron chi connectivity index (χ1n) is 10.6. The highest BCUT2D eigenvalue weighted by Gasteiger charge is 2.31. The van der Waals surface area contributed by atoms with Crippen molar-refractivity contribution in [1.29, 1.82) is 0 Å². The molecule has 0 unspecified atom stereocenters. The lowest BCUT2D eigenvalue weighted by atomic mass is 9.98. The minimum Gasteiger partial charge on any atom is -0.476 e. The highest BCUT2D eigenvalue weighted by molar-refractivity contribution is 7.88. The van der Waals surface area contributed by atoms with Crippen molar-refractivity contribution in [1.82, 2.24) is 19.2 Å². The molecule has 178 valence electrons. The van der Waals surface area contributed by atoms with Crippen molar-refractivity contribution in [3.8, 4) is 5.88 Å². The number of carbonyl (C=O) groups is 2. The number of carbonyl (C=O) groups excluding carboxylic acids is 2. The Morgan fingerprint density at radius 3 is 2.34 bits per heavy atom. The molecular weight excluding hydrogens is 438 g/mol. The second-order valence-corrected chi connectivity index (χ2v) is 11.1. The largest absolute Gasteiger partial charge is 0.476 e. The van der Waals surface area contributed by atoms with Crippen LogP contribution in [0.25, 0.3) is 0 Å². The molecule has 2 aliphatic rings. The van der Waals surface area contributed by atoms with Gasteiger partial charge in [0, 0.05) is 26.2 Å². The molecule has 1 aromatic rings. The number of rotatable bonds is 5. The molecule has 0 atom stereocenters. The maximum Gasteiger partial charge on any atom is 0.410 e. The molecule has 0 spiro atoms. The third-order valence-electron chi connectivity index (χ3n) is 5.28. The Morgan fingerprint density at radius 2 is 1.81 bits per heavy atom. The van der Waals surface area contributed by atoms with E-state index < -0.39 is 15.6 Å². The van der Waals surface area contributed by atoms with E-state index in [4.69, 9.17) is 9.47 Å². The molecular formula is C20H31N5O6S. The van der Waals surface area contributed by atoms with Crippen LogP contribution >= 0.6 is 0 Å². The first-order valence-corrected chi connectivity index (χ1v) is 12.5. The molecule has 3 heterocycles. The fraction of sp³-hybridized carbons (Fsp3) is 0.700. The van der Waals surface area contributed by atoms with Gasteiger partial charge in [-0.15, -0.1) is 0 Å². The molecule has 0 saturated carbocycles. The molecule has 0 aromatic carbocycles. The normalized spacial score (nSPS) is 19.2. The Kier molecular flexibility index (Phi) is 7.23. The van der Waals surface area contributed by atoms with Gasteiger partial charge in [-0.25, -0.2) is 23.2 Å². The van der Waals surface area contributed by atoms with Crippen molar-refractivity contribution in [3.63, 3.8) is 0 Å². The summed E-state index contributed by atoms with van der Waals surface area (Å²) in [7, 11) is -3.40. The van der Waals surface area contributed by atoms with E-state index in [9.17, 15) is 18.0 Å². The molecule has 0 N–H and O–H groups in total. The SMILES string of the molecule is CC(C)(C)OC(=O)N1CCC(COc2cnc(N3CCN(S(C)(=O)=O)CC3=O)cn2)CC1. The van der Waals surface area contributed by atoms with Gasteiger partial charge in [-0.2, -0.15) is 4.31 Å². The van der Waals surface area contributed by atoms with Crippen LogP contribution in [0.4, 0.5) is 10.6 Å². The number of ether oxygens (including phenoxy) is 2. The zero-order chi connectivity index (χ0) is 23.5. The molecule has 2 saturated heterocycles. The number of likely N-dealkylation sites (tertiary alicyclic amines) is 1. The van der Waals surface area contributed by atoms with Crippen LogP contribution in [0, 0.1) is 5.92 Å². The van der Waals surface area contributed by atoms with Crippen LogP contribution in [-0.2, 0) is 19.6 Å². The van der Waals surface area contributed by atoms with E-state index in [0.717, 1.165) is 23.4 Å². The summed E-state index contributed by atoms with van der Waals surface area (Å²) in [6.45, 7) is 7.48. The highest BCUT2D eigenvalue weighted by Crippen LogP contribution is 2.21. The van der Waals surface area contributed by atoms with E-state index in [1.807, 2.05) is 20.8 Å². The van der Waals surface area contributed by atoms with Crippen LogP contribution in [0.2, 0.25) is 0 Å². The first-order chi connectivity index (χ1) is 14.9. The minimum absolute atomic E-state index is 0.208. The van der Waals surface area contributed by atoms with Gasteiger partial charge in [-0.1, -0.05) is 0 Å². The van der Waals surface area contributed by atoms with Crippen LogP contribution in [0.3, 0.4) is 0 Å². The Bertz CT molecular complexity index is 923. The number of aromatic nitrogens is 2. The van der Waals surface area contributed by atoms with E-state index in [0.29, 0.717) is 37.3 Å². The zero-order valence-corrected chi connectivity index (χ0v) is 19.8. The number of hydrogen-bond acceptors (Lipinski definition) is 8. The van der Waals surface area contributed by atoms with Gasteiger partial charge in [0.1, 0.15) is 5.60 Å². The standard InChI is InChI=1S/C20H31N5O6S/c1-20(2,3)31-19(27)23-7-5-15(6-8-23)14-30-17-12-21-16(11-22-17)25-10-9-24(13-18(25)26)32(4,28)29/h11-12,15H,5-10,13-14H2,1-4H3. The van der Waals surface area contributed by atoms with Gasteiger partial charge in [0.15, 0.2) is 5.82 Å². The summed E-state index contributed by atoms with van der Waals surface area (Å²) in [5.41, 5.74) is -0.506. The predicted octanol–water partition coefficient (Wildman–Crippen LogP) is 1.11. The van der Waals surface area contributed by atoms with Crippen molar-refractivity contribution in [2.75, 3.05) is 50.5 Å². The Hall–Kier alpha value is -2.47. The summed E-state index contributed by atoms with van der Waals surface area (Å²) in [5, 5.41) is 0. The van der Waals surface area contributed by atoms with Gasteiger partial charge in [0.25, 0.3) is 0 Å². The van der Waals surface area contributed by atoms with Gasteiger partial charge >= 0.3 is 6.09 Å². The Labute approximate surface area is 188 Å². The highest BCUT2D eigenvalue weighted by atomic mass is 32.2. The lowest BCUT2D eigenvalue weighted by Gasteiger charge is -2.33. The van der Waals surface area contributed by atoms with Crippen LogP contribution in [0.1, 0.15) is 33.6 Å². The molecule has 0 radical (unpaired) electrons. The average molecular weight is 470 g/mol. The molecule has 2 fully saturated rings. The van der Waals surface area contributed by atoms with Crippen LogP contribution < -0.4 is 9.64 Å². The molecule has 2 aliphatic heterocycles. The summed E-state index contributed by atoms with van der Waals surface area (Å²) in [6, 6.07) is 0. The minimum atomic E-state index is -3.40. The monoisotopic (exact) mass is 469 g/mol. The first kappa shape index (κ1) is 24.2. The fourth-order valence-electron chi connectivity index (χ4n) is 3.51. The fourth-order valence-corrected chi connectivity index (χ4v) is 4.27.